The van der Waals surface area contributed by atoms with Gasteiger partial charge in [0.05, 0.1) is 19.3 Å². The van der Waals surface area contributed by atoms with Crippen molar-refractivity contribution in [3.05, 3.63) is 35.9 Å². The molecule has 1 heterocycles. The Labute approximate surface area is 88.0 Å². The van der Waals surface area contributed by atoms with Gasteiger partial charge in [0.15, 0.2) is 5.67 Å². The van der Waals surface area contributed by atoms with Gasteiger partial charge in [0.25, 0.3) is 0 Å². The van der Waals surface area contributed by atoms with Gasteiger partial charge in [-0.3, -0.25) is 0 Å². The van der Waals surface area contributed by atoms with Crippen LogP contribution in [0, 0.1) is 0 Å². The lowest BCUT2D eigenvalue weighted by molar-refractivity contribution is -0.0242. The van der Waals surface area contributed by atoms with Gasteiger partial charge in [0.2, 0.25) is 0 Å². The van der Waals surface area contributed by atoms with E-state index in [0.717, 1.165) is 5.56 Å². The zero-order valence-corrected chi connectivity index (χ0v) is 8.36. The molecule has 1 aliphatic carbocycles. The standard InChI is InChI=1S/C12H13FO2/c13-12(6-10-11(12)15-10)8-14-7-9-4-2-1-3-5-9/h1-5,10-11H,6-8H2/t10-,11-,12-/m1/s1. The van der Waals surface area contributed by atoms with E-state index in [1.54, 1.807) is 0 Å². The summed E-state index contributed by atoms with van der Waals surface area (Å²) in [6.07, 6.45) is 0.524. The summed E-state index contributed by atoms with van der Waals surface area (Å²) in [6, 6.07) is 9.81. The van der Waals surface area contributed by atoms with Crippen LogP contribution in [0.3, 0.4) is 0 Å². The van der Waals surface area contributed by atoms with Crippen molar-refractivity contribution in [2.75, 3.05) is 6.61 Å². The van der Waals surface area contributed by atoms with Crippen molar-refractivity contribution in [1.82, 2.24) is 0 Å². The largest absolute Gasteiger partial charge is 0.373 e. The van der Waals surface area contributed by atoms with Crippen LogP contribution < -0.4 is 0 Å². The molecular formula is C12H13FO2. The highest BCUT2D eigenvalue weighted by Gasteiger charge is 2.67. The first-order valence-electron chi connectivity index (χ1n) is 5.24. The summed E-state index contributed by atoms with van der Waals surface area (Å²) in [7, 11) is 0. The Morgan fingerprint density at radius 2 is 2.20 bits per heavy atom. The molecule has 1 aromatic rings. The van der Waals surface area contributed by atoms with E-state index in [0.29, 0.717) is 13.0 Å². The molecule has 15 heavy (non-hydrogen) atoms. The number of hydrogen-bond donors (Lipinski definition) is 0. The normalized spacial score (nSPS) is 36.9. The third-order valence-corrected chi connectivity index (χ3v) is 3.09. The molecule has 1 saturated heterocycles. The summed E-state index contributed by atoms with van der Waals surface area (Å²) < 4.78 is 24.3. The lowest BCUT2D eigenvalue weighted by Crippen LogP contribution is -2.45. The lowest BCUT2D eigenvalue weighted by atomic mass is 9.83. The van der Waals surface area contributed by atoms with Gasteiger partial charge >= 0.3 is 0 Å². The van der Waals surface area contributed by atoms with Gasteiger partial charge in [-0.15, -0.1) is 0 Å². The third kappa shape index (κ3) is 1.66. The van der Waals surface area contributed by atoms with Gasteiger partial charge < -0.3 is 9.47 Å². The van der Waals surface area contributed by atoms with E-state index in [-0.39, 0.29) is 18.8 Å². The summed E-state index contributed by atoms with van der Waals surface area (Å²) in [5.74, 6) is 0. The van der Waals surface area contributed by atoms with Crippen molar-refractivity contribution in [3.63, 3.8) is 0 Å². The molecule has 2 nitrogen and oxygen atoms in total. The molecule has 0 aromatic heterocycles. The predicted octanol–water partition coefficient (Wildman–Crippen LogP) is 2.08. The highest BCUT2D eigenvalue weighted by molar-refractivity contribution is 5.16. The summed E-state index contributed by atoms with van der Waals surface area (Å²) in [6.45, 7) is 0.632. The molecule has 2 fully saturated rings. The van der Waals surface area contributed by atoms with Crippen LogP contribution in [0.5, 0.6) is 0 Å². The Morgan fingerprint density at radius 1 is 1.40 bits per heavy atom. The van der Waals surface area contributed by atoms with Crippen LogP contribution in [-0.2, 0) is 16.1 Å². The van der Waals surface area contributed by atoms with Crippen LogP contribution in [0.2, 0.25) is 0 Å². The van der Waals surface area contributed by atoms with Gasteiger partial charge in [-0.05, 0) is 5.56 Å². The minimum Gasteiger partial charge on any atom is -0.373 e. The van der Waals surface area contributed by atoms with E-state index in [1.807, 2.05) is 30.3 Å². The average Bonchev–Trinajstić information content (AvgIpc) is 2.93. The maximum atomic E-state index is 13.8. The minimum atomic E-state index is -1.21. The molecule has 1 saturated carbocycles. The molecule has 3 atom stereocenters. The van der Waals surface area contributed by atoms with Gasteiger partial charge in [0.1, 0.15) is 6.10 Å². The minimum absolute atomic E-state index is 0.156. The Kier molecular flexibility index (Phi) is 2.04. The van der Waals surface area contributed by atoms with Gasteiger partial charge in [-0.25, -0.2) is 4.39 Å². The van der Waals surface area contributed by atoms with Gasteiger partial charge in [0, 0.05) is 6.42 Å². The van der Waals surface area contributed by atoms with Gasteiger partial charge in [-0.1, -0.05) is 30.3 Å². The fraction of sp³-hybridized carbons (Fsp3) is 0.500. The molecule has 1 aromatic carbocycles. The summed E-state index contributed by atoms with van der Waals surface area (Å²) in [5, 5.41) is 0. The Morgan fingerprint density at radius 3 is 2.80 bits per heavy atom. The summed E-state index contributed by atoms with van der Waals surface area (Å²) in [5.41, 5.74) is -0.131. The maximum absolute atomic E-state index is 13.8. The molecule has 0 N–H and O–H groups in total. The Hall–Kier alpha value is -0.930. The van der Waals surface area contributed by atoms with E-state index < -0.39 is 5.67 Å². The first-order chi connectivity index (χ1) is 7.28. The second-order valence-electron chi connectivity index (χ2n) is 4.31. The number of fused-ring (bicyclic) bond motifs is 1. The van der Waals surface area contributed by atoms with E-state index in [1.165, 1.54) is 0 Å². The molecule has 0 bridgehead atoms. The van der Waals surface area contributed by atoms with Crippen LogP contribution in [0.1, 0.15) is 12.0 Å². The molecule has 0 spiro atoms. The molecule has 3 rings (SSSR count). The van der Waals surface area contributed by atoms with Crippen molar-refractivity contribution < 1.29 is 13.9 Å². The van der Waals surface area contributed by atoms with E-state index >= 15 is 0 Å². The van der Waals surface area contributed by atoms with Crippen LogP contribution >= 0.6 is 0 Å². The molecular weight excluding hydrogens is 195 g/mol. The SMILES string of the molecule is F[C@@]1(COCc2ccccc2)C[C@H]2O[C@H]21. The quantitative estimate of drug-likeness (QED) is 0.707. The van der Waals surface area contributed by atoms with Gasteiger partial charge in [-0.2, -0.15) is 0 Å². The zero-order valence-electron chi connectivity index (χ0n) is 8.36. The number of epoxide rings is 1. The fourth-order valence-electron chi connectivity index (χ4n) is 2.10. The Balaban J connectivity index is 1.47. The first-order valence-corrected chi connectivity index (χ1v) is 5.24. The highest BCUT2D eigenvalue weighted by Crippen LogP contribution is 2.52. The molecule has 3 heteroatoms. The second-order valence-corrected chi connectivity index (χ2v) is 4.31. The van der Waals surface area contributed by atoms with Crippen LogP contribution in [0.25, 0.3) is 0 Å². The number of halogens is 1. The number of hydrogen-bond acceptors (Lipinski definition) is 2. The lowest BCUT2D eigenvalue weighted by Gasteiger charge is -2.28. The van der Waals surface area contributed by atoms with Crippen LogP contribution in [-0.4, -0.2) is 24.5 Å². The van der Waals surface area contributed by atoms with E-state index in [4.69, 9.17) is 9.47 Å². The van der Waals surface area contributed by atoms with Crippen molar-refractivity contribution in [3.8, 4) is 0 Å². The maximum Gasteiger partial charge on any atom is 0.165 e. The van der Waals surface area contributed by atoms with Crippen molar-refractivity contribution in [2.24, 2.45) is 0 Å². The third-order valence-electron chi connectivity index (χ3n) is 3.09. The smallest absolute Gasteiger partial charge is 0.165 e. The molecule has 1 aliphatic heterocycles. The van der Waals surface area contributed by atoms with Crippen molar-refractivity contribution in [2.45, 2.75) is 30.9 Å². The first kappa shape index (κ1) is 9.31. The number of ether oxygens (including phenoxy) is 2. The van der Waals surface area contributed by atoms with Crippen LogP contribution in [0.15, 0.2) is 30.3 Å². The fourth-order valence-corrected chi connectivity index (χ4v) is 2.10. The monoisotopic (exact) mass is 208 g/mol. The molecule has 0 unspecified atom stereocenters. The molecule has 0 radical (unpaired) electrons. The topological polar surface area (TPSA) is 21.8 Å². The van der Waals surface area contributed by atoms with E-state index in [9.17, 15) is 4.39 Å². The Bertz CT molecular complexity index is 354. The summed E-state index contributed by atoms with van der Waals surface area (Å²) >= 11 is 0. The zero-order chi connectivity index (χ0) is 10.3. The van der Waals surface area contributed by atoms with Crippen molar-refractivity contribution in [1.29, 1.82) is 0 Å². The second kappa shape index (κ2) is 3.29. The number of benzene rings is 1. The van der Waals surface area contributed by atoms with Crippen LogP contribution in [0.4, 0.5) is 4.39 Å². The predicted molar refractivity (Wildman–Crippen MR) is 53.2 cm³/mol. The number of rotatable bonds is 4. The number of alkyl halides is 1. The average molecular weight is 208 g/mol. The molecule has 2 aliphatic rings. The molecule has 80 valence electrons. The highest BCUT2D eigenvalue weighted by atomic mass is 19.1. The van der Waals surface area contributed by atoms with Crippen molar-refractivity contribution >= 4 is 0 Å². The molecule has 0 amide bonds. The summed E-state index contributed by atoms with van der Waals surface area (Å²) in [4.78, 5) is 0. The van der Waals surface area contributed by atoms with E-state index in [2.05, 4.69) is 0 Å².